The third kappa shape index (κ3) is 6.03. The first kappa shape index (κ1) is 14.5. The molecule has 4 heteroatoms. The molecule has 1 heterocycles. The summed E-state index contributed by atoms with van der Waals surface area (Å²) < 4.78 is 5.31. The van der Waals surface area contributed by atoms with E-state index in [0.717, 1.165) is 58.4 Å². The minimum Gasteiger partial charge on any atom is -0.381 e. The van der Waals surface area contributed by atoms with Crippen molar-refractivity contribution in [3.63, 3.8) is 0 Å². The zero-order valence-electron chi connectivity index (χ0n) is 11.0. The van der Waals surface area contributed by atoms with E-state index in [0.29, 0.717) is 12.3 Å². The van der Waals surface area contributed by atoms with Gasteiger partial charge in [-0.25, -0.2) is 0 Å². The summed E-state index contributed by atoms with van der Waals surface area (Å²) in [6, 6.07) is 0. The number of nitrogens with zero attached hydrogens (tertiary/aromatic N) is 1. The summed E-state index contributed by atoms with van der Waals surface area (Å²) in [4.78, 5) is 13.7. The third-order valence-electron chi connectivity index (χ3n) is 3.33. The molecular formula is C13H26N2O2. The first-order valence-corrected chi connectivity index (χ1v) is 6.76. The van der Waals surface area contributed by atoms with Crippen LogP contribution in [0.3, 0.4) is 0 Å². The van der Waals surface area contributed by atoms with Crippen LogP contribution in [0.15, 0.2) is 0 Å². The van der Waals surface area contributed by atoms with E-state index in [-0.39, 0.29) is 5.91 Å². The van der Waals surface area contributed by atoms with Crippen LogP contribution < -0.4 is 5.73 Å². The molecule has 4 nitrogen and oxygen atoms in total. The van der Waals surface area contributed by atoms with Crippen molar-refractivity contribution in [2.24, 2.45) is 11.7 Å². The number of ether oxygens (including phenoxy) is 1. The number of hydrogen-bond donors (Lipinski definition) is 1. The Balaban J connectivity index is 2.05. The highest BCUT2D eigenvalue weighted by Crippen LogP contribution is 2.14. The van der Waals surface area contributed by atoms with Crippen LogP contribution in [0.1, 0.15) is 38.5 Å². The summed E-state index contributed by atoms with van der Waals surface area (Å²) in [5, 5.41) is 0. The Bertz CT molecular complexity index is 215. The number of amides is 1. The number of carbonyl (C=O) groups excluding carboxylic acids is 1. The first-order valence-electron chi connectivity index (χ1n) is 6.76. The van der Waals surface area contributed by atoms with Crippen LogP contribution in [-0.4, -0.2) is 44.2 Å². The highest BCUT2D eigenvalue weighted by molar-refractivity contribution is 5.75. The quantitative estimate of drug-likeness (QED) is 0.654. The van der Waals surface area contributed by atoms with Crippen molar-refractivity contribution in [2.45, 2.75) is 38.5 Å². The summed E-state index contributed by atoms with van der Waals surface area (Å²) in [6.07, 6.45) is 6.09. The zero-order chi connectivity index (χ0) is 12.5. The molecule has 100 valence electrons. The van der Waals surface area contributed by atoms with E-state index >= 15 is 0 Å². The number of nitrogens with two attached hydrogens (primary N) is 1. The van der Waals surface area contributed by atoms with Crippen molar-refractivity contribution in [1.29, 1.82) is 0 Å². The van der Waals surface area contributed by atoms with Crippen molar-refractivity contribution >= 4 is 5.91 Å². The predicted octanol–water partition coefficient (Wildman–Crippen LogP) is 1.39. The molecule has 0 radical (unpaired) electrons. The zero-order valence-corrected chi connectivity index (χ0v) is 11.0. The first-order chi connectivity index (χ1) is 8.24. The largest absolute Gasteiger partial charge is 0.381 e. The molecule has 1 aliphatic rings. The van der Waals surface area contributed by atoms with E-state index < -0.39 is 0 Å². The van der Waals surface area contributed by atoms with Gasteiger partial charge in [-0.15, -0.1) is 0 Å². The van der Waals surface area contributed by atoms with Crippen LogP contribution in [0.25, 0.3) is 0 Å². The minimum absolute atomic E-state index is 0.268. The average Bonchev–Trinajstić information content (AvgIpc) is 2.81. The van der Waals surface area contributed by atoms with Gasteiger partial charge in [0.25, 0.3) is 0 Å². The fourth-order valence-electron chi connectivity index (χ4n) is 2.18. The molecule has 0 saturated carbocycles. The second-order valence-electron chi connectivity index (χ2n) is 4.96. The Hall–Kier alpha value is -0.610. The topological polar surface area (TPSA) is 55.6 Å². The summed E-state index contributed by atoms with van der Waals surface area (Å²) in [5.41, 5.74) is 5.42. The lowest BCUT2D eigenvalue weighted by Crippen LogP contribution is -2.31. The highest BCUT2D eigenvalue weighted by Gasteiger charge is 2.19. The Kier molecular flexibility index (Phi) is 7.21. The molecule has 1 saturated heterocycles. The maximum absolute atomic E-state index is 11.8. The van der Waals surface area contributed by atoms with Crippen LogP contribution >= 0.6 is 0 Å². The molecule has 17 heavy (non-hydrogen) atoms. The summed E-state index contributed by atoms with van der Waals surface area (Å²) in [5.74, 6) is 0.811. The molecule has 0 aromatic rings. The van der Waals surface area contributed by atoms with Gasteiger partial charge in [0.2, 0.25) is 5.91 Å². The number of unbranched alkanes of at least 4 members (excludes halogenated alkanes) is 3. The van der Waals surface area contributed by atoms with Crippen LogP contribution in [0, 0.1) is 5.92 Å². The van der Waals surface area contributed by atoms with Gasteiger partial charge in [0.1, 0.15) is 0 Å². The number of rotatable bonds is 8. The van der Waals surface area contributed by atoms with E-state index in [1.807, 2.05) is 11.9 Å². The van der Waals surface area contributed by atoms with Crippen molar-refractivity contribution < 1.29 is 9.53 Å². The van der Waals surface area contributed by atoms with Crippen molar-refractivity contribution in [3.05, 3.63) is 0 Å². The van der Waals surface area contributed by atoms with Gasteiger partial charge >= 0.3 is 0 Å². The molecule has 2 N–H and O–H groups in total. The SMILES string of the molecule is CN(CC1CCOC1)C(=O)CCCCCCN. The second kappa shape index (κ2) is 8.48. The molecule has 0 aromatic heterocycles. The molecule has 1 rings (SSSR count). The van der Waals surface area contributed by atoms with Gasteiger partial charge in [-0.1, -0.05) is 12.8 Å². The lowest BCUT2D eigenvalue weighted by atomic mass is 10.1. The van der Waals surface area contributed by atoms with Crippen LogP contribution in [-0.2, 0) is 9.53 Å². The standard InChI is InChI=1S/C13H26N2O2/c1-15(10-12-7-9-17-11-12)13(16)6-4-2-3-5-8-14/h12H,2-11,14H2,1H3. The molecule has 1 fully saturated rings. The predicted molar refractivity (Wildman–Crippen MR) is 68.7 cm³/mol. The molecule has 0 aliphatic carbocycles. The number of carbonyl (C=O) groups is 1. The minimum atomic E-state index is 0.268. The maximum Gasteiger partial charge on any atom is 0.222 e. The lowest BCUT2D eigenvalue weighted by molar-refractivity contribution is -0.130. The fraction of sp³-hybridized carbons (Fsp3) is 0.923. The molecule has 1 aliphatic heterocycles. The van der Waals surface area contributed by atoms with Gasteiger partial charge in [-0.05, 0) is 25.8 Å². The Morgan fingerprint density at radius 3 is 2.76 bits per heavy atom. The molecule has 0 bridgehead atoms. The average molecular weight is 242 g/mol. The third-order valence-corrected chi connectivity index (χ3v) is 3.33. The van der Waals surface area contributed by atoms with Gasteiger partial charge in [0.15, 0.2) is 0 Å². The van der Waals surface area contributed by atoms with E-state index in [9.17, 15) is 4.79 Å². The van der Waals surface area contributed by atoms with Gasteiger partial charge in [-0.3, -0.25) is 4.79 Å². The summed E-state index contributed by atoms with van der Waals surface area (Å²) in [6.45, 7) is 3.27. The van der Waals surface area contributed by atoms with Gasteiger partial charge < -0.3 is 15.4 Å². The highest BCUT2D eigenvalue weighted by atomic mass is 16.5. The fourth-order valence-corrected chi connectivity index (χ4v) is 2.18. The summed E-state index contributed by atoms with van der Waals surface area (Å²) in [7, 11) is 1.90. The second-order valence-corrected chi connectivity index (χ2v) is 4.96. The van der Waals surface area contributed by atoms with E-state index in [1.165, 1.54) is 0 Å². The van der Waals surface area contributed by atoms with E-state index in [2.05, 4.69) is 0 Å². The monoisotopic (exact) mass is 242 g/mol. The normalized spacial score (nSPS) is 19.5. The van der Waals surface area contributed by atoms with Gasteiger partial charge in [0, 0.05) is 32.5 Å². The Labute approximate surface area is 104 Å². The van der Waals surface area contributed by atoms with Crippen LogP contribution in [0.5, 0.6) is 0 Å². The molecule has 0 aromatic carbocycles. The van der Waals surface area contributed by atoms with Crippen LogP contribution in [0.4, 0.5) is 0 Å². The molecule has 1 atom stereocenters. The maximum atomic E-state index is 11.8. The van der Waals surface area contributed by atoms with Crippen molar-refractivity contribution in [2.75, 3.05) is 33.4 Å². The molecular weight excluding hydrogens is 216 g/mol. The lowest BCUT2D eigenvalue weighted by Gasteiger charge is -2.20. The Morgan fingerprint density at radius 1 is 1.35 bits per heavy atom. The summed E-state index contributed by atoms with van der Waals surface area (Å²) >= 11 is 0. The number of hydrogen-bond acceptors (Lipinski definition) is 3. The molecule has 1 amide bonds. The van der Waals surface area contributed by atoms with Crippen molar-refractivity contribution in [3.8, 4) is 0 Å². The molecule has 0 spiro atoms. The molecule has 1 unspecified atom stereocenters. The van der Waals surface area contributed by atoms with Gasteiger partial charge in [-0.2, -0.15) is 0 Å². The Morgan fingerprint density at radius 2 is 2.12 bits per heavy atom. The smallest absolute Gasteiger partial charge is 0.222 e. The van der Waals surface area contributed by atoms with Crippen molar-refractivity contribution in [1.82, 2.24) is 4.90 Å². The van der Waals surface area contributed by atoms with E-state index in [1.54, 1.807) is 0 Å². The van der Waals surface area contributed by atoms with Crippen LogP contribution in [0.2, 0.25) is 0 Å². The van der Waals surface area contributed by atoms with Gasteiger partial charge in [0.05, 0.1) is 6.61 Å². The van der Waals surface area contributed by atoms with E-state index in [4.69, 9.17) is 10.5 Å².